The van der Waals surface area contributed by atoms with Gasteiger partial charge in [0.1, 0.15) is 24.1 Å². The number of carboxylic acids is 1. The van der Waals surface area contributed by atoms with E-state index in [0.29, 0.717) is 32.9 Å². The summed E-state index contributed by atoms with van der Waals surface area (Å²) < 4.78 is 6.22. The molecule has 1 fully saturated rings. The number of aromatic carboxylic acids is 1. The van der Waals surface area contributed by atoms with Crippen molar-refractivity contribution in [3.63, 3.8) is 0 Å². The number of para-hydroxylation sites is 1. The number of nitrogens with one attached hydrogen (secondary N) is 2. The Balaban J connectivity index is 1.49. The number of furan rings is 1. The van der Waals surface area contributed by atoms with Crippen LogP contribution in [0.25, 0.3) is 11.3 Å². The predicted octanol–water partition coefficient (Wildman–Crippen LogP) is 5.30. The quantitative estimate of drug-likeness (QED) is 0.275. The van der Waals surface area contributed by atoms with Crippen LogP contribution in [-0.2, 0) is 4.79 Å². The van der Waals surface area contributed by atoms with Gasteiger partial charge in [0.15, 0.2) is 5.11 Å². The zero-order valence-corrected chi connectivity index (χ0v) is 20.9. The number of amides is 1. The average molecular weight is 533 g/mol. The molecule has 0 saturated carbocycles. The number of carboxylic acid groups (broad SMARTS) is 1. The SMILES string of the molecule is O=C(CN1C(=S)N[C@@H](c2ccccn2)[C@@H]1c1ccc(-c2cc(C(=O)O)ccc2Cl)o1)Nc1ccccc1. The largest absolute Gasteiger partial charge is 0.478 e. The molecular formula is C27H21ClN4O4S. The Hall–Kier alpha value is -4.21. The summed E-state index contributed by atoms with van der Waals surface area (Å²) in [5.74, 6) is -0.399. The highest BCUT2D eigenvalue weighted by molar-refractivity contribution is 7.80. The predicted molar refractivity (Wildman–Crippen MR) is 143 cm³/mol. The maximum absolute atomic E-state index is 12.9. The van der Waals surface area contributed by atoms with Crippen molar-refractivity contribution in [2.24, 2.45) is 0 Å². The van der Waals surface area contributed by atoms with E-state index in [9.17, 15) is 14.7 Å². The molecule has 3 N–H and O–H groups in total. The lowest BCUT2D eigenvalue weighted by molar-refractivity contribution is -0.116. The minimum absolute atomic E-state index is 0.0278. The first-order chi connectivity index (χ1) is 17.9. The Morgan fingerprint density at radius 3 is 2.59 bits per heavy atom. The molecule has 1 aliphatic rings. The molecule has 5 rings (SSSR count). The van der Waals surface area contributed by atoms with Gasteiger partial charge in [-0.2, -0.15) is 0 Å². The summed E-state index contributed by atoms with van der Waals surface area (Å²) in [6.07, 6.45) is 1.69. The average Bonchev–Trinajstić information content (AvgIpc) is 3.50. The molecule has 4 aromatic rings. The number of rotatable bonds is 7. The zero-order chi connectivity index (χ0) is 25.9. The highest BCUT2D eigenvalue weighted by Crippen LogP contribution is 2.41. The third-order valence-electron chi connectivity index (χ3n) is 5.97. The van der Waals surface area contributed by atoms with E-state index >= 15 is 0 Å². The summed E-state index contributed by atoms with van der Waals surface area (Å²) in [4.78, 5) is 30.7. The van der Waals surface area contributed by atoms with Crippen LogP contribution < -0.4 is 10.6 Å². The van der Waals surface area contributed by atoms with E-state index in [0.717, 1.165) is 5.69 Å². The van der Waals surface area contributed by atoms with Gasteiger partial charge in [0, 0.05) is 17.4 Å². The maximum atomic E-state index is 12.9. The molecule has 0 spiro atoms. The fourth-order valence-corrected chi connectivity index (χ4v) is 4.78. The van der Waals surface area contributed by atoms with E-state index in [-0.39, 0.29) is 18.0 Å². The van der Waals surface area contributed by atoms with Crippen molar-refractivity contribution in [3.05, 3.63) is 107 Å². The van der Waals surface area contributed by atoms with Crippen molar-refractivity contribution in [3.8, 4) is 11.3 Å². The van der Waals surface area contributed by atoms with Gasteiger partial charge in [0.25, 0.3) is 0 Å². The molecular weight excluding hydrogens is 512 g/mol. The molecule has 0 radical (unpaired) electrons. The van der Waals surface area contributed by atoms with Crippen LogP contribution in [0.5, 0.6) is 0 Å². The maximum Gasteiger partial charge on any atom is 0.335 e. The molecule has 1 aliphatic heterocycles. The van der Waals surface area contributed by atoms with Gasteiger partial charge in [-0.3, -0.25) is 9.78 Å². The Morgan fingerprint density at radius 1 is 1.08 bits per heavy atom. The van der Waals surface area contributed by atoms with Crippen molar-refractivity contribution in [2.45, 2.75) is 12.1 Å². The first-order valence-corrected chi connectivity index (χ1v) is 12.2. The lowest BCUT2D eigenvalue weighted by atomic mass is 10.0. The molecule has 186 valence electrons. The molecule has 2 aromatic heterocycles. The number of hydrogen-bond acceptors (Lipinski definition) is 5. The zero-order valence-electron chi connectivity index (χ0n) is 19.3. The standard InChI is InChI=1S/C27H21ClN4O4S/c28-19-10-9-16(26(34)35)14-18(19)21-11-12-22(36-21)25-24(20-8-4-5-13-29-20)31-27(37)32(25)15-23(33)30-17-6-2-1-3-7-17/h1-14,24-25H,15H2,(H,30,33)(H,31,37)(H,34,35)/t24-,25-/m0/s1. The molecule has 37 heavy (non-hydrogen) atoms. The first-order valence-electron chi connectivity index (χ1n) is 11.4. The number of hydrogen-bond donors (Lipinski definition) is 3. The summed E-state index contributed by atoms with van der Waals surface area (Å²) in [6.45, 7) is -0.0278. The van der Waals surface area contributed by atoms with Crippen LogP contribution in [0.2, 0.25) is 5.02 Å². The number of carbonyl (C=O) groups excluding carboxylic acids is 1. The number of carbonyl (C=O) groups is 2. The monoisotopic (exact) mass is 532 g/mol. The number of aromatic nitrogens is 1. The van der Waals surface area contributed by atoms with Crippen molar-refractivity contribution >= 4 is 46.5 Å². The second-order valence-corrected chi connectivity index (χ2v) is 9.16. The fraction of sp³-hybridized carbons (Fsp3) is 0.111. The highest BCUT2D eigenvalue weighted by atomic mass is 35.5. The summed E-state index contributed by atoms with van der Waals surface area (Å²) in [5, 5.41) is 16.3. The molecule has 0 aliphatic carbocycles. The fourth-order valence-electron chi connectivity index (χ4n) is 4.27. The van der Waals surface area contributed by atoms with Gasteiger partial charge in [0.05, 0.1) is 22.3 Å². The Kier molecular flexibility index (Phi) is 6.89. The second kappa shape index (κ2) is 10.4. The molecule has 8 nitrogen and oxygen atoms in total. The molecule has 2 atom stereocenters. The van der Waals surface area contributed by atoms with Gasteiger partial charge in [-0.25, -0.2) is 4.79 Å². The number of pyridine rings is 1. The summed E-state index contributed by atoms with van der Waals surface area (Å²) in [6, 6.07) is 21.8. The minimum atomic E-state index is -1.07. The van der Waals surface area contributed by atoms with Crippen molar-refractivity contribution in [1.29, 1.82) is 0 Å². The molecule has 0 bridgehead atoms. The topological polar surface area (TPSA) is 108 Å². The van der Waals surface area contributed by atoms with Crippen LogP contribution in [0, 0.1) is 0 Å². The van der Waals surface area contributed by atoms with E-state index in [2.05, 4.69) is 15.6 Å². The molecule has 1 amide bonds. The number of nitrogens with zero attached hydrogens (tertiary/aromatic N) is 2. The van der Waals surface area contributed by atoms with Crippen LogP contribution in [0.3, 0.4) is 0 Å². The number of anilines is 1. The van der Waals surface area contributed by atoms with E-state index in [4.69, 9.17) is 28.2 Å². The van der Waals surface area contributed by atoms with Crippen LogP contribution >= 0.6 is 23.8 Å². The van der Waals surface area contributed by atoms with E-state index in [1.165, 1.54) is 18.2 Å². The van der Waals surface area contributed by atoms with Gasteiger partial charge in [-0.1, -0.05) is 35.9 Å². The van der Waals surface area contributed by atoms with Gasteiger partial charge in [-0.05, 0) is 66.8 Å². The Morgan fingerprint density at radius 2 is 1.86 bits per heavy atom. The summed E-state index contributed by atoms with van der Waals surface area (Å²) in [5.41, 5.74) is 1.94. The van der Waals surface area contributed by atoms with Crippen LogP contribution in [0.4, 0.5) is 5.69 Å². The van der Waals surface area contributed by atoms with Gasteiger partial charge in [0.2, 0.25) is 5.91 Å². The Bertz CT molecular complexity index is 1460. The van der Waals surface area contributed by atoms with E-state index in [1.807, 2.05) is 36.4 Å². The molecule has 1 saturated heterocycles. The van der Waals surface area contributed by atoms with Crippen molar-refractivity contribution in [2.75, 3.05) is 11.9 Å². The van der Waals surface area contributed by atoms with Gasteiger partial charge >= 0.3 is 5.97 Å². The van der Waals surface area contributed by atoms with Crippen LogP contribution in [0.1, 0.15) is 33.9 Å². The lowest BCUT2D eigenvalue weighted by Gasteiger charge is -2.25. The third kappa shape index (κ3) is 5.18. The minimum Gasteiger partial charge on any atom is -0.478 e. The number of halogens is 1. The normalized spacial score (nSPS) is 16.9. The third-order valence-corrected chi connectivity index (χ3v) is 6.65. The number of thiocarbonyl (C=S) groups is 1. The van der Waals surface area contributed by atoms with Crippen molar-refractivity contribution in [1.82, 2.24) is 15.2 Å². The molecule has 0 unspecified atom stereocenters. The lowest BCUT2D eigenvalue weighted by Crippen LogP contribution is -2.36. The van der Waals surface area contributed by atoms with Crippen LogP contribution in [-0.4, -0.2) is 38.5 Å². The van der Waals surface area contributed by atoms with Crippen LogP contribution in [0.15, 0.2) is 89.5 Å². The second-order valence-electron chi connectivity index (χ2n) is 8.37. The molecule has 3 heterocycles. The first kappa shape index (κ1) is 24.5. The summed E-state index contributed by atoms with van der Waals surface area (Å²) >= 11 is 12.0. The summed E-state index contributed by atoms with van der Waals surface area (Å²) in [7, 11) is 0. The Labute approximate surface area is 222 Å². The molecule has 10 heteroatoms. The van der Waals surface area contributed by atoms with Crippen molar-refractivity contribution < 1.29 is 19.1 Å². The van der Waals surface area contributed by atoms with Gasteiger partial charge < -0.3 is 25.1 Å². The van der Waals surface area contributed by atoms with Gasteiger partial charge in [-0.15, -0.1) is 0 Å². The van der Waals surface area contributed by atoms with E-state index in [1.54, 1.807) is 35.4 Å². The number of benzene rings is 2. The highest BCUT2D eigenvalue weighted by Gasteiger charge is 2.42. The van der Waals surface area contributed by atoms with E-state index < -0.39 is 18.1 Å². The smallest absolute Gasteiger partial charge is 0.335 e. The molecule has 2 aromatic carbocycles.